The predicted octanol–water partition coefficient (Wildman–Crippen LogP) is 1.48. The van der Waals surface area contributed by atoms with Gasteiger partial charge in [-0.2, -0.15) is 0 Å². The van der Waals surface area contributed by atoms with Crippen molar-refractivity contribution in [3.8, 4) is 11.5 Å². The number of hydrogen-bond acceptors (Lipinski definition) is 4. The van der Waals surface area contributed by atoms with E-state index in [1.807, 2.05) is 25.1 Å². The monoisotopic (exact) mass is 222 g/mol. The molecule has 1 aliphatic rings. The maximum Gasteiger partial charge on any atom is 0.163 e. The Morgan fingerprint density at radius 3 is 2.75 bits per heavy atom. The van der Waals surface area contributed by atoms with Crippen LogP contribution in [0, 0.1) is 0 Å². The quantitative estimate of drug-likeness (QED) is 0.792. The average Bonchev–Trinajstić information content (AvgIpc) is 2.24. The molecular formula is C12H18N2O2. The SMILES string of the molecule is CCOc1cc(NC2CNC2)ccc1OC. The number of nitrogens with one attached hydrogen (secondary N) is 2. The van der Waals surface area contributed by atoms with Crippen LogP contribution in [-0.2, 0) is 0 Å². The molecule has 1 heterocycles. The van der Waals surface area contributed by atoms with Gasteiger partial charge >= 0.3 is 0 Å². The third-order valence-electron chi connectivity index (χ3n) is 2.62. The second-order valence-electron chi connectivity index (χ2n) is 3.80. The normalized spacial score (nSPS) is 15.4. The van der Waals surface area contributed by atoms with Gasteiger partial charge in [0, 0.05) is 24.8 Å². The molecule has 0 aliphatic carbocycles. The van der Waals surface area contributed by atoms with Gasteiger partial charge in [-0.05, 0) is 19.1 Å². The van der Waals surface area contributed by atoms with Crippen molar-refractivity contribution in [2.75, 3.05) is 32.1 Å². The molecular weight excluding hydrogens is 204 g/mol. The van der Waals surface area contributed by atoms with Crippen molar-refractivity contribution in [3.05, 3.63) is 18.2 Å². The first-order valence-electron chi connectivity index (χ1n) is 5.61. The van der Waals surface area contributed by atoms with Crippen LogP contribution in [0.3, 0.4) is 0 Å². The molecule has 1 saturated heterocycles. The largest absolute Gasteiger partial charge is 0.493 e. The first kappa shape index (κ1) is 11.1. The Morgan fingerprint density at radius 2 is 2.19 bits per heavy atom. The topological polar surface area (TPSA) is 42.5 Å². The van der Waals surface area contributed by atoms with E-state index in [-0.39, 0.29) is 0 Å². The highest BCUT2D eigenvalue weighted by Gasteiger charge is 2.16. The number of anilines is 1. The van der Waals surface area contributed by atoms with Crippen molar-refractivity contribution >= 4 is 5.69 Å². The minimum atomic E-state index is 0.530. The maximum absolute atomic E-state index is 5.52. The lowest BCUT2D eigenvalue weighted by molar-refractivity contribution is 0.311. The molecule has 0 spiro atoms. The number of hydrogen-bond donors (Lipinski definition) is 2. The predicted molar refractivity (Wildman–Crippen MR) is 64.4 cm³/mol. The highest BCUT2D eigenvalue weighted by molar-refractivity contribution is 5.55. The number of benzene rings is 1. The van der Waals surface area contributed by atoms with Crippen LogP contribution in [0.2, 0.25) is 0 Å². The molecule has 1 aliphatic heterocycles. The number of rotatable bonds is 5. The lowest BCUT2D eigenvalue weighted by atomic mass is 10.1. The van der Waals surface area contributed by atoms with Crippen molar-refractivity contribution in [1.29, 1.82) is 0 Å². The van der Waals surface area contributed by atoms with Gasteiger partial charge in [0.1, 0.15) is 0 Å². The summed E-state index contributed by atoms with van der Waals surface area (Å²) in [5.74, 6) is 1.57. The number of methoxy groups -OCH3 is 1. The summed E-state index contributed by atoms with van der Waals surface area (Å²) in [7, 11) is 1.65. The minimum absolute atomic E-state index is 0.530. The first-order chi connectivity index (χ1) is 7.83. The Balaban J connectivity index is 2.09. The molecule has 0 unspecified atom stereocenters. The molecule has 0 amide bonds. The number of ether oxygens (including phenoxy) is 2. The molecule has 16 heavy (non-hydrogen) atoms. The van der Waals surface area contributed by atoms with Crippen LogP contribution in [0.4, 0.5) is 5.69 Å². The lowest BCUT2D eigenvalue weighted by Gasteiger charge is -2.29. The third kappa shape index (κ3) is 2.39. The highest BCUT2D eigenvalue weighted by atomic mass is 16.5. The molecule has 1 aromatic carbocycles. The van der Waals surface area contributed by atoms with Gasteiger partial charge in [-0.25, -0.2) is 0 Å². The fraction of sp³-hybridized carbons (Fsp3) is 0.500. The molecule has 0 bridgehead atoms. The van der Waals surface area contributed by atoms with Crippen LogP contribution >= 0.6 is 0 Å². The van der Waals surface area contributed by atoms with Crippen molar-refractivity contribution in [3.63, 3.8) is 0 Å². The summed E-state index contributed by atoms with van der Waals surface area (Å²) in [6.45, 7) is 4.66. The summed E-state index contributed by atoms with van der Waals surface area (Å²) in [6, 6.07) is 6.46. The Hall–Kier alpha value is -1.42. The van der Waals surface area contributed by atoms with E-state index >= 15 is 0 Å². The van der Waals surface area contributed by atoms with Gasteiger partial charge in [-0.3, -0.25) is 0 Å². The van der Waals surface area contributed by atoms with Crippen molar-refractivity contribution in [2.24, 2.45) is 0 Å². The maximum atomic E-state index is 5.52. The standard InChI is InChI=1S/C12H18N2O2/c1-3-16-12-6-9(4-5-11(12)15-2)14-10-7-13-8-10/h4-6,10,13-14H,3,7-8H2,1-2H3. The molecule has 4 heteroatoms. The summed E-state index contributed by atoms with van der Waals surface area (Å²) in [5.41, 5.74) is 1.08. The molecule has 2 rings (SSSR count). The molecule has 1 fully saturated rings. The summed E-state index contributed by atoms with van der Waals surface area (Å²) in [5, 5.41) is 6.66. The van der Waals surface area contributed by atoms with E-state index in [0.29, 0.717) is 12.6 Å². The summed E-state index contributed by atoms with van der Waals surface area (Å²) < 4.78 is 10.8. The van der Waals surface area contributed by atoms with E-state index in [0.717, 1.165) is 30.3 Å². The molecule has 88 valence electrons. The zero-order chi connectivity index (χ0) is 11.4. The van der Waals surface area contributed by atoms with Crippen molar-refractivity contribution in [1.82, 2.24) is 5.32 Å². The van der Waals surface area contributed by atoms with Crippen LogP contribution in [0.1, 0.15) is 6.92 Å². The van der Waals surface area contributed by atoms with Crippen LogP contribution in [0.5, 0.6) is 11.5 Å². The van der Waals surface area contributed by atoms with Gasteiger partial charge < -0.3 is 20.1 Å². The van der Waals surface area contributed by atoms with Gasteiger partial charge in [0.25, 0.3) is 0 Å². The Bertz CT molecular complexity index is 351. The zero-order valence-corrected chi connectivity index (χ0v) is 9.75. The van der Waals surface area contributed by atoms with Crippen LogP contribution in [-0.4, -0.2) is 32.8 Å². The molecule has 2 N–H and O–H groups in total. The summed E-state index contributed by atoms with van der Waals surface area (Å²) in [4.78, 5) is 0. The lowest BCUT2D eigenvalue weighted by Crippen LogP contribution is -2.51. The zero-order valence-electron chi connectivity index (χ0n) is 9.75. The van der Waals surface area contributed by atoms with Gasteiger partial charge in [-0.15, -0.1) is 0 Å². The second kappa shape index (κ2) is 5.07. The van der Waals surface area contributed by atoms with E-state index in [9.17, 15) is 0 Å². The minimum Gasteiger partial charge on any atom is -0.493 e. The smallest absolute Gasteiger partial charge is 0.163 e. The fourth-order valence-electron chi connectivity index (χ4n) is 1.66. The molecule has 4 nitrogen and oxygen atoms in total. The van der Waals surface area contributed by atoms with Crippen molar-refractivity contribution < 1.29 is 9.47 Å². The average molecular weight is 222 g/mol. The van der Waals surface area contributed by atoms with Gasteiger partial charge in [0.15, 0.2) is 11.5 Å². The third-order valence-corrected chi connectivity index (χ3v) is 2.62. The van der Waals surface area contributed by atoms with Crippen LogP contribution < -0.4 is 20.1 Å². The molecule has 0 saturated carbocycles. The molecule has 0 radical (unpaired) electrons. The first-order valence-corrected chi connectivity index (χ1v) is 5.61. The van der Waals surface area contributed by atoms with Crippen molar-refractivity contribution in [2.45, 2.75) is 13.0 Å². The van der Waals surface area contributed by atoms with Crippen LogP contribution in [0.15, 0.2) is 18.2 Å². The van der Waals surface area contributed by atoms with E-state index in [4.69, 9.17) is 9.47 Å². The van der Waals surface area contributed by atoms with Gasteiger partial charge in [0.2, 0.25) is 0 Å². The van der Waals surface area contributed by atoms with E-state index in [2.05, 4.69) is 10.6 Å². The Kier molecular flexibility index (Phi) is 3.51. The summed E-state index contributed by atoms with van der Waals surface area (Å²) in [6.07, 6.45) is 0. The van der Waals surface area contributed by atoms with Gasteiger partial charge in [-0.1, -0.05) is 0 Å². The van der Waals surface area contributed by atoms with E-state index < -0.39 is 0 Å². The van der Waals surface area contributed by atoms with Gasteiger partial charge in [0.05, 0.1) is 19.8 Å². The fourth-order valence-corrected chi connectivity index (χ4v) is 1.66. The highest BCUT2D eigenvalue weighted by Crippen LogP contribution is 2.30. The summed E-state index contributed by atoms with van der Waals surface area (Å²) >= 11 is 0. The van der Waals surface area contributed by atoms with E-state index in [1.165, 1.54) is 0 Å². The molecule has 1 aromatic rings. The molecule has 0 atom stereocenters. The Labute approximate surface area is 95.9 Å². The van der Waals surface area contributed by atoms with Crippen LogP contribution in [0.25, 0.3) is 0 Å². The molecule has 0 aromatic heterocycles. The second-order valence-corrected chi connectivity index (χ2v) is 3.80. The van der Waals surface area contributed by atoms with E-state index in [1.54, 1.807) is 7.11 Å². The Morgan fingerprint density at radius 1 is 1.38 bits per heavy atom.